The van der Waals surface area contributed by atoms with Crippen molar-refractivity contribution in [2.45, 2.75) is 32.3 Å². The Kier molecular flexibility index (Phi) is 6.16. The summed E-state index contributed by atoms with van der Waals surface area (Å²) in [6, 6.07) is 0. The zero-order chi connectivity index (χ0) is 10.3. The van der Waals surface area contributed by atoms with Crippen LogP contribution in [0.4, 0.5) is 0 Å². The summed E-state index contributed by atoms with van der Waals surface area (Å²) >= 11 is 1.66. The maximum absolute atomic E-state index is 10.2. The van der Waals surface area contributed by atoms with Crippen LogP contribution in [0.25, 0.3) is 0 Å². The molecule has 0 radical (unpaired) electrons. The van der Waals surface area contributed by atoms with Gasteiger partial charge in [-0.25, -0.2) is 0 Å². The van der Waals surface area contributed by atoms with Crippen LogP contribution < -0.4 is 0 Å². The minimum Gasteiger partial charge on any atom is -0.481 e. The summed E-state index contributed by atoms with van der Waals surface area (Å²) < 4.78 is 5.24. The number of methoxy groups -OCH3 is 1. The van der Waals surface area contributed by atoms with Gasteiger partial charge in [0, 0.05) is 12.9 Å². The fourth-order valence-electron chi connectivity index (χ4n) is 0.682. The smallest absolute Gasteiger partial charge is 0.304 e. The SMILES string of the molecule is COC(C)(C)CCSCCC(=O)O. The molecule has 0 atom stereocenters. The molecule has 0 unspecified atom stereocenters. The van der Waals surface area contributed by atoms with Gasteiger partial charge in [0.25, 0.3) is 0 Å². The van der Waals surface area contributed by atoms with Crippen LogP contribution in [-0.2, 0) is 9.53 Å². The van der Waals surface area contributed by atoms with Gasteiger partial charge in [0.05, 0.1) is 12.0 Å². The first kappa shape index (κ1) is 12.8. The first-order valence-electron chi connectivity index (χ1n) is 4.32. The van der Waals surface area contributed by atoms with Crippen molar-refractivity contribution in [2.24, 2.45) is 0 Å². The molecule has 0 aliphatic rings. The summed E-state index contributed by atoms with van der Waals surface area (Å²) in [6.07, 6.45) is 1.20. The number of rotatable bonds is 7. The summed E-state index contributed by atoms with van der Waals surface area (Å²) in [4.78, 5) is 10.2. The molecule has 0 aromatic heterocycles. The highest BCUT2D eigenvalue weighted by Gasteiger charge is 2.15. The fourth-order valence-corrected chi connectivity index (χ4v) is 1.84. The van der Waals surface area contributed by atoms with E-state index in [1.165, 1.54) is 0 Å². The van der Waals surface area contributed by atoms with E-state index in [-0.39, 0.29) is 12.0 Å². The van der Waals surface area contributed by atoms with Gasteiger partial charge >= 0.3 is 5.97 Å². The molecule has 3 nitrogen and oxygen atoms in total. The number of carboxylic acids is 1. The van der Waals surface area contributed by atoms with Gasteiger partial charge in [0.2, 0.25) is 0 Å². The molecule has 1 N–H and O–H groups in total. The van der Waals surface area contributed by atoms with Gasteiger partial charge in [-0.15, -0.1) is 0 Å². The van der Waals surface area contributed by atoms with Crippen LogP contribution in [0.2, 0.25) is 0 Å². The first-order chi connectivity index (χ1) is 5.98. The number of hydrogen-bond donors (Lipinski definition) is 1. The second kappa shape index (κ2) is 6.27. The third-order valence-corrected chi connectivity index (χ3v) is 2.85. The quantitative estimate of drug-likeness (QED) is 0.647. The molecule has 0 saturated carbocycles. The highest BCUT2D eigenvalue weighted by atomic mass is 32.2. The number of carbonyl (C=O) groups is 1. The van der Waals surface area contributed by atoms with Crippen LogP contribution in [-0.4, -0.2) is 35.3 Å². The molecule has 0 heterocycles. The third-order valence-electron chi connectivity index (χ3n) is 1.86. The normalized spacial score (nSPS) is 11.6. The minimum atomic E-state index is -0.724. The van der Waals surface area contributed by atoms with Crippen LogP contribution in [0.15, 0.2) is 0 Å². The van der Waals surface area contributed by atoms with Crippen molar-refractivity contribution < 1.29 is 14.6 Å². The lowest BCUT2D eigenvalue weighted by Gasteiger charge is -2.22. The summed E-state index contributed by atoms with van der Waals surface area (Å²) in [5, 5.41) is 8.38. The van der Waals surface area contributed by atoms with E-state index >= 15 is 0 Å². The van der Waals surface area contributed by atoms with Crippen molar-refractivity contribution in [2.75, 3.05) is 18.6 Å². The largest absolute Gasteiger partial charge is 0.481 e. The van der Waals surface area contributed by atoms with E-state index in [0.717, 1.165) is 12.2 Å². The lowest BCUT2D eigenvalue weighted by molar-refractivity contribution is -0.136. The average Bonchev–Trinajstić information content (AvgIpc) is 2.03. The van der Waals surface area contributed by atoms with Crippen LogP contribution in [0.5, 0.6) is 0 Å². The molecule has 0 saturated heterocycles. The fraction of sp³-hybridized carbons (Fsp3) is 0.889. The predicted molar refractivity (Wildman–Crippen MR) is 55.3 cm³/mol. The van der Waals surface area contributed by atoms with Gasteiger partial charge in [0.1, 0.15) is 0 Å². The Hall–Kier alpha value is -0.220. The van der Waals surface area contributed by atoms with E-state index in [1.807, 2.05) is 13.8 Å². The molecule has 13 heavy (non-hydrogen) atoms. The Bertz CT molecular complexity index is 157. The maximum Gasteiger partial charge on any atom is 0.304 e. The number of thioether (sulfide) groups is 1. The average molecular weight is 206 g/mol. The molecule has 0 amide bonds. The van der Waals surface area contributed by atoms with Crippen molar-refractivity contribution in [1.29, 1.82) is 0 Å². The van der Waals surface area contributed by atoms with E-state index < -0.39 is 5.97 Å². The molecular weight excluding hydrogens is 188 g/mol. The van der Waals surface area contributed by atoms with Gasteiger partial charge < -0.3 is 9.84 Å². The van der Waals surface area contributed by atoms with E-state index in [9.17, 15) is 4.79 Å². The zero-order valence-corrected chi connectivity index (χ0v) is 9.32. The Labute approximate surface area is 83.9 Å². The third kappa shape index (κ3) is 8.12. The first-order valence-corrected chi connectivity index (χ1v) is 5.48. The van der Waals surface area contributed by atoms with Gasteiger partial charge in [-0.2, -0.15) is 11.8 Å². The van der Waals surface area contributed by atoms with Crippen molar-refractivity contribution in [3.63, 3.8) is 0 Å². The predicted octanol–water partition coefficient (Wildman–Crippen LogP) is 2.01. The van der Waals surface area contributed by atoms with Crippen molar-refractivity contribution in [1.82, 2.24) is 0 Å². The Morgan fingerprint density at radius 3 is 2.54 bits per heavy atom. The molecule has 0 spiro atoms. The van der Waals surface area contributed by atoms with E-state index in [4.69, 9.17) is 9.84 Å². The maximum atomic E-state index is 10.2. The molecule has 4 heteroatoms. The van der Waals surface area contributed by atoms with Crippen molar-refractivity contribution >= 4 is 17.7 Å². The van der Waals surface area contributed by atoms with Crippen LogP contribution >= 0.6 is 11.8 Å². The lowest BCUT2D eigenvalue weighted by atomic mass is 10.1. The summed E-state index contributed by atoms with van der Waals surface area (Å²) in [6.45, 7) is 4.06. The molecule has 0 rings (SSSR count). The zero-order valence-electron chi connectivity index (χ0n) is 8.50. The van der Waals surface area contributed by atoms with E-state index in [2.05, 4.69) is 0 Å². The number of ether oxygens (including phenoxy) is 1. The molecule has 78 valence electrons. The molecular formula is C9H18O3S. The topological polar surface area (TPSA) is 46.5 Å². The monoisotopic (exact) mass is 206 g/mol. The Morgan fingerprint density at radius 1 is 1.46 bits per heavy atom. The highest BCUT2D eigenvalue weighted by Crippen LogP contribution is 2.16. The molecule has 0 aromatic rings. The number of aliphatic carboxylic acids is 1. The van der Waals surface area contributed by atoms with Gasteiger partial charge in [-0.3, -0.25) is 4.79 Å². The van der Waals surface area contributed by atoms with Gasteiger partial charge in [-0.1, -0.05) is 0 Å². The van der Waals surface area contributed by atoms with Crippen molar-refractivity contribution in [3.05, 3.63) is 0 Å². The minimum absolute atomic E-state index is 0.0871. The van der Waals surface area contributed by atoms with Crippen LogP contribution in [0, 0.1) is 0 Å². The Morgan fingerprint density at radius 2 is 2.08 bits per heavy atom. The standard InChI is InChI=1S/C9H18O3S/c1-9(2,12-3)5-7-13-6-4-8(10)11/h4-7H2,1-3H3,(H,10,11). The van der Waals surface area contributed by atoms with E-state index in [1.54, 1.807) is 18.9 Å². The molecule has 0 aliphatic carbocycles. The second-order valence-electron chi connectivity index (χ2n) is 3.47. The second-order valence-corrected chi connectivity index (χ2v) is 4.69. The van der Waals surface area contributed by atoms with Crippen molar-refractivity contribution in [3.8, 4) is 0 Å². The summed E-state index contributed by atoms with van der Waals surface area (Å²) in [7, 11) is 1.70. The van der Waals surface area contributed by atoms with E-state index in [0.29, 0.717) is 5.75 Å². The van der Waals surface area contributed by atoms with Crippen LogP contribution in [0.1, 0.15) is 26.7 Å². The van der Waals surface area contributed by atoms with Gasteiger partial charge in [0.15, 0.2) is 0 Å². The summed E-state index contributed by atoms with van der Waals surface area (Å²) in [5.41, 5.74) is -0.0871. The number of hydrogen-bond acceptors (Lipinski definition) is 3. The van der Waals surface area contributed by atoms with Crippen LogP contribution in [0.3, 0.4) is 0 Å². The Balaban J connectivity index is 3.30. The molecule has 0 fully saturated rings. The lowest BCUT2D eigenvalue weighted by Crippen LogP contribution is -2.23. The van der Waals surface area contributed by atoms with Gasteiger partial charge in [-0.05, 0) is 26.0 Å². The number of carboxylic acid groups (broad SMARTS) is 1. The molecule has 0 aromatic carbocycles. The highest BCUT2D eigenvalue weighted by molar-refractivity contribution is 7.99. The molecule has 0 aliphatic heterocycles. The molecule has 0 bridgehead atoms. The summed E-state index contributed by atoms with van der Waals surface area (Å²) in [5.74, 6) is 0.919.